The third-order valence-corrected chi connectivity index (χ3v) is 4.38. The van der Waals surface area contributed by atoms with E-state index in [4.69, 9.17) is 9.47 Å². The topological polar surface area (TPSA) is 56.3 Å². The van der Waals surface area contributed by atoms with Crippen molar-refractivity contribution < 1.29 is 9.47 Å². The molecule has 5 nitrogen and oxygen atoms in total. The van der Waals surface area contributed by atoms with Gasteiger partial charge in [-0.05, 0) is 31.4 Å². The largest absolute Gasteiger partial charge is 0.381 e. The number of benzene rings is 1. The quantitative estimate of drug-likeness (QED) is 0.882. The van der Waals surface area contributed by atoms with E-state index in [-0.39, 0.29) is 0 Å². The van der Waals surface area contributed by atoms with E-state index < -0.39 is 0 Å². The number of nitrogens with zero attached hydrogens (tertiary/aromatic N) is 2. The maximum atomic E-state index is 5.50. The summed E-state index contributed by atoms with van der Waals surface area (Å²) < 4.78 is 10.7. The monoisotopic (exact) mass is 327 g/mol. The molecule has 0 amide bonds. The average molecular weight is 327 g/mol. The van der Waals surface area contributed by atoms with Crippen LogP contribution in [-0.4, -0.2) is 30.3 Å². The molecule has 1 unspecified atom stereocenters. The molecule has 0 saturated carbocycles. The van der Waals surface area contributed by atoms with Crippen molar-refractivity contribution in [3.05, 3.63) is 52.5 Å². The molecule has 5 heteroatoms. The van der Waals surface area contributed by atoms with Gasteiger partial charge in [0.25, 0.3) is 0 Å². The summed E-state index contributed by atoms with van der Waals surface area (Å²) >= 11 is 0. The van der Waals surface area contributed by atoms with Crippen LogP contribution in [0.5, 0.6) is 0 Å². The molecule has 2 heterocycles. The predicted molar refractivity (Wildman–Crippen MR) is 94.2 cm³/mol. The Morgan fingerprint density at radius 3 is 2.88 bits per heavy atom. The number of anilines is 1. The Morgan fingerprint density at radius 1 is 1.25 bits per heavy atom. The molecular formula is C19H25N3O2. The first-order valence-corrected chi connectivity index (χ1v) is 8.40. The number of hydrogen-bond donors (Lipinski definition) is 1. The fourth-order valence-electron chi connectivity index (χ4n) is 2.96. The lowest BCUT2D eigenvalue weighted by Crippen LogP contribution is -2.10. The van der Waals surface area contributed by atoms with E-state index in [2.05, 4.69) is 47.3 Å². The maximum Gasteiger partial charge on any atom is 0.156 e. The molecule has 1 aromatic heterocycles. The van der Waals surface area contributed by atoms with Crippen LogP contribution in [0.25, 0.3) is 0 Å². The first kappa shape index (κ1) is 16.9. The molecule has 0 radical (unpaired) electrons. The Hall–Kier alpha value is -1.98. The van der Waals surface area contributed by atoms with Crippen LogP contribution in [0.3, 0.4) is 0 Å². The first-order chi connectivity index (χ1) is 11.7. The van der Waals surface area contributed by atoms with Gasteiger partial charge in [-0.1, -0.05) is 23.8 Å². The van der Waals surface area contributed by atoms with Crippen molar-refractivity contribution in [2.45, 2.75) is 39.3 Å². The number of methoxy groups -OCH3 is 1. The molecule has 1 aromatic carbocycles. The highest BCUT2D eigenvalue weighted by atomic mass is 16.5. The van der Waals surface area contributed by atoms with Gasteiger partial charge in [-0.15, -0.1) is 0 Å². The van der Waals surface area contributed by atoms with Gasteiger partial charge in [0, 0.05) is 32.2 Å². The zero-order chi connectivity index (χ0) is 16.9. The summed E-state index contributed by atoms with van der Waals surface area (Å²) in [6.45, 7) is 6.95. The lowest BCUT2D eigenvalue weighted by molar-refractivity contribution is 0.177. The zero-order valence-corrected chi connectivity index (χ0v) is 14.6. The lowest BCUT2D eigenvalue weighted by Gasteiger charge is -2.14. The fraction of sp³-hybridized carbons (Fsp3) is 0.474. The minimum Gasteiger partial charge on any atom is -0.381 e. The minimum atomic E-state index is 0.352. The minimum absolute atomic E-state index is 0.352. The number of rotatable bonds is 6. The first-order valence-electron chi connectivity index (χ1n) is 8.40. The van der Waals surface area contributed by atoms with E-state index in [9.17, 15) is 0 Å². The highest BCUT2D eigenvalue weighted by Crippen LogP contribution is 2.25. The highest BCUT2D eigenvalue weighted by molar-refractivity contribution is 5.40. The molecule has 1 atom stereocenters. The van der Waals surface area contributed by atoms with E-state index in [0.29, 0.717) is 18.3 Å². The molecule has 0 spiro atoms. The molecule has 0 aliphatic carbocycles. The Kier molecular flexibility index (Phi) is 5.43. The van der Waals surface area contributed by atoms with Crippen molar-refractivity contribution in [2.75, 3.05) is 25.6 Å². The molecule has 0 bridgehead atoms. The van der Waals surface area contributed by atoms with Crippen molar-refractivity contribution in [3.8, 4) is 0 Å². The molecular weight excluding hydrogens is 302 g/mol. The number of aromatic nitrogens is 2. The van der Waals surface area contributed by atoms with Gasteiger partial charge in [-0.2, -0.15) is 0 Å². The maximum absolute atomic E-state index is 5.50. The van der Waals surface area contributed by atoms with E-state index >= 15 is 0 Å². The third-order valence-electron chi connectivity index (χ3n) is 4.38. The molecule has 3 rings (SSSR count). The highest BCUT2D eigenvalue weighted by Gasteiger charge is 2.20. The van der Waals surface area contributed by atoms with Crippen LogP contribution < -0.4 is 5.32 Å². The Balaban J connectivity index is 1.79. The van der Waals surface area contributed by atoms with E-state index in [1.54, 1.807) is 7.11 Å². The Labute approximate surface area is 143 Å². The van der Waals surface area contributed by atoms with Gasteiger partial charge in [0.05, 0.1) is 12.3 Å². The smallest absolute Gasteiger partial charge is 0.156 e. The summed E-state index contributed by atoms with van der Waals surface area (Å²) in [5.74, 6) is 1.91. The SMILES string of the molecule is COCc1nc(NCc2cc(C)ccc2C)cc(C2CCOC2)n1. The van der Waals surface area contributed by atoms with E-state index in [1.165, 1.54) is 16.7 Å². The molecule has 24 heavy (non-hydrogen) atoms. The van der Waals surface area contributed by atoms with Crippen LogP contribution in [-0.2, 0) is 22.6 Å². The standard InChI is InChI=1S/C19H25N3O2/c1-13-4-5-14(2)16(8-13)10-20-18-9-17(15-6-7-24-11-15)21-19(22-18)12-23-3/h4-5,8-9,15H,6-7,10-12H2,1-3H3,(H,20,21,22). The number of hydrogen-bond acceptors (Lipinski definition) is 5. The second-order valence-corrected chi connectivity index (χ2v) is 6.37. The predicted octanol–water partition coefficient (Wildman–Crippen LogP) is 3.36. The van der Waals surface area contributed by atoms with Gasteiger partial charge in [-0.25, -0.2) is 9.97 Å². The van der Waals surface area contributed by atoms with Crippen LogP contribution in [0.4, 0.5) is 5.82 Å². The molecule has 2 aromatic rings. The average Bonchev–Trinajstić information content (AvgIpc) is 3.10. The number of nitrogens with one attached hydrogen (secondary N) is 1. The van der Waals surface area contributed by atoms with Gasteiger partial charge in [0.15, 0.2) is 5.82 Å². The summed E-state index contributed by atoms with van der Waals surface area (Å²) in [5.41, 5.74) is 4.87. The fourth-order valence-corrected chi connectivity index (χ4v) is 2.96. The second-order valence-electron chi connectivity index (χ2n) is 6.37. The van der Waals surface area contributed by atoms with Crippen molar-refractivity contribution in [3.63, 3.8) is 0 Å². The number of aryl methyl sites for hydroxylation is 2. The second kappa shape index (κ2) is 7.73. The van der Waals surface area contributed by atoms with Crippen LogP contribution in [0, 0.1) is 13.8 Å². The van der Waals surface area contributed by atoms with Crippen molar-refractivity contribution in [1.82, 2.24) is 9.97 Å². The van der Waals surface area contributed by atoms with Crippen LogP contribution >= 0.6 is 0 Å². The summed E-state index contributed by atoms with van der Waals surface area (Å²) in [5, 5.41) is 3.44. The molecule has 1 fully saturated rings. The Bertz CT molecular complexity index is 697. The Morgan fingerprint density at radius 2 is 2.12 bits per heavy atom. The summed E-state index contributed by atoms with van der Waals surface area (Å²) in [4.78, 5) is 9.21. The van der Waals surface area contributed by atoms with Crippen molar-refractivity contribution >= 4 is 5.82 Å². The van der Waals surface area contributed by atoms with Crippen LogP contribution in [0.15, 0.2) is 24.3 Å². The lowest BCUT2D eigenvalue weighted by atomic mass is 10.0. The van der Waals surface area contributed by atoms with Crippen LogP contribution in [0.1, 0.15) is 40.5 Å². The molecule has 128 valence electrons. The van der Waals surface area contributed by atoms with Gasteiger partial charge >= 0.3 is 0 Å². The molecule has 1 saturated heterocycles. The van der Waals surface area contributed by atoms with E-state index in [0.717, 1.165) is 37.7 Å². The molecule has 1 aliphatic rings. The van der Waals surface area contributed by atoms with Crippen molar-refractivity contribution in [2.24, 2.45) is 0 Å². The van der Waals surface area contributed by atoms with Gasteiger partial charge in [0.2, 0.25) is 0 Å². The van der Waals surface area contributed by atoms with Crippen molar-refractivity contribution in [1.29, 1.82) is 0 Å². The van der Waals surface area contributed by atoms with Gasteiger partial charge in [-0.3, -0.25) is 0 Å². The normalized spacial score (nSPS) is 17.2. The summed E-state index contributed by atoms with van der Waals surface area (Å²) in [6, 6.07) is 8.55. The third kappa shape index (κ3) is 4.10. The summed E-state index contributed by atoms with van der Waals surface area (Å²) in [7, 11) is 1.66. The molecule has 1 N–H and O–H groups in total. The van der Waals surface area contributed by atoms with Gasteiger partial charge < -0.3 is 14.8 Å². The zero-order valence-electron chi connectivity index (χ0n) is 14.6. The number of ether oxygens (including phenoxy) is 2. The molecule has 1 aliphatic heterocycles. The van der Waals surface area contributed by atoms with Gasteiger partial charge in [0.1, 0.15) is 12.4 Å². The summed E-state index contributed by atoms with van der Waals surface area (Å²) in [6.07, 6.45) is 1.01. The van der Waals surface area contributed by atoms with E-state index in [1.807, 2.05) is 6.07 Å². The van der Waals surface area contributed by atoms with Crippen LogP contribution in [0.2, 0.25) is 0 Å².